The van der Waals surface area contributed by atoms with Crippen molar-refractivity contribution in [3.05, 3.63) is 18.2 Å². The highest BCUT2D eigenvalue weighted by Gasteiger charge is 2.24. The molecule has 1 atom stereocenters. The first-order valence-corrected chi connectivity index (χ1v) is 9.20. The molecular formula is C15H22N2O5S. The topological polar surface area (TPSA) is 84.9 Å². The van der Waals surface area contributed by atoms with E-state index in [2.05, 4.69) is 5.32 Å². The van der Waals surface area contributed by atoms with Gasteiger partial charge in [0.05, 0.1) is 11.9 Å². The smallest absolute Gasteiger partial charge is 0.240 e. The molecule has 23 heavy (non-hydrogen) atoms. The van der Waals surface area contributed by atoms with Gasteiger partial charge in [-0.1, -0.05) is 13.8 Å². The lowest BCUT2D eigenvalue weighted by Gasteiger charge is -2.24. The number of ether oxygens (including phenoxy) is 2. The quantitative estimate of drug-likeness (QED) is 0.843. The third kappa shape index (κ3) is 4.28. The largest absolute Gasteiger partial charge is 0.454 e. The molecule has 0 fully saturated rings. The van der Waals surface area contributed by atoms with Gasteiger partial charge in [-0.15, -0.1) is 0 Å². The fourth-order valence-electron chi connectivity index (χ4n) is 2.04. The lowest BCUT2D eigenvalue weighted by molar-refractivity contribution is -0.120. The average Bonchev–Trinajstić information content (AvgIpc) is 2.90. The van der Waals surface area contributed by atoms with Crippen molar-refractivity contribution in [3.8, 4) is 11.5 Å². The lowest BCUT2D eigenvalue weighted by Crippen LogP contribution is -2.44. The van der Waals surface area contributed by atoms with E-state index in [1.165, 1.54) is 0 Å². The highest BCUT2D eigenvalue weighted by molar-refractivity contribution is 7.92. The van der Waals surface area contributed by atoms with Crippen LogP contribution in [-0.4, -0.2) is 40.0 Å². The summed E-state index contributed by atoms with van der Waals surface area (Å²) in [6, 6.07) is 4.74. The summed E-state index contributed by atoms with van der Waals surface area (Å²) in [7, 11) is -3.61. The van der Waals surface area contributed by atoms with E-state index in [9.17, 15) is 13.2 Å². The Morgan fingerprint density at radius 1 is 1.26 bits per heavy atom. The molecule has 0 saturated carbocycles. The molecule has 1 amide bonds. The zero-order valence-electron chi connectivity index (χ0n) is 13.7. The number of sulfonamides is 1. The molecule has 2 rings (SSSR count). The van der Waals surface area contributed by atoms with Gasteiger partial charge in [0.15, 0.2) is 11.5 Å². The Balaban J connectivity index is 2.20. The van der Waals surface area contributed by atoms with Crippen molar-refractivity contribution < 1.29 is 22.7 Å². The number of hydrogen-bond acceptors (Lipinski definition) is 5. The van der Waals surface area contributed by atoms with Gasteiger partial charge in [0.25, 0.3) is 0 Å². The fourth-order valence-corrected chi connectivity index (χ4v) is 2.89. The van der Waals surface area contributed by atoms with Gasteiger partial charge in [0.2, 0.25) is 22.7 Å². The van der Waals surface area contributed by atoms with Gasteiger partial charge in [-0.25, -0.2) is 8.42 Å². The van der Waals surface area contributed by atoms with Crippen molar-refractivity contribution in [1.82, 2.24) is 5.32 Å². The number of carbonyl (C=O) groups excluding carboxylic acids is 1. The van der Waals surface area contributed by atoms with E-state index in [4.69, 9.17) is 9.47 Å². The molecule has 1 aliphatic rings. The number of nitrogens with zero attached hydrogens (tertiary/aromatic N) is 1. The summed E-state index contributed by atoms with van der Waals surface area (Å²) in [4.78, 5) is 12.1. The number of nitrogens with one attached hydrogen (secondary N) is 1. The van der Waals surface area contributed by atoms with Gasteiger partial charge in [0, 0.05) is 12.1 Å². The molecule has 1 aromatic carbocycles. The Hall–Kier alpha value is -1.96. The molecule has 8 heteroatoms. The normalized spacial score (nSPS) is 14.7. The van der Waals surface area contributed by atoms with Crippen LogP contribution in [0.2, 0.25) is 0 Å². The van der Waals surface area contributed by atoms with E-state index >= 15 is 0 Å². The Morgan fingerprint density at radius 2 is 1.91 bits per heavy atom. The number of fused-ring (bicyclic) bond motifs is 1. The van der Waals surface area contributed by atoms with Crippen LogP contribution in [-0.2, 0) is 14.8 Å². The van der Waals surface area contributed by atoms with Gasteiger partial charge in [-0.3, -0.25) is 9.10 Å². The van der Waals surface area contributed by atoms with Crippen LogP contribution < -0.4 is 19.1 Å². The lowest BCUT2D eigenvalue weighted by atomic mass is 10.1. The number of benzene rings is 1. The minimum atomic E-state index is -3.61. The first-order chi connectivity index (χ1) is 10.7. The SMILES string of the molecule is CC(C)C(C)NC(=O)CN(c1ccc2c(c1)OCO2)S(C)(=O)=O. The maximum Gasteiger partial charge on any atom is 0.240 e. The number of amides is 1. The number of anilines is 1. The predicted octanol–water partition coefficient (Wildman–Crippen LogP) is 1.34. The van der Waals surface area contributed by atoms with Gasteiger partial charge < -0.3 is 14.8 Å². The highest BCUT2D eigenvalue weighted by Crippen LogP contribution is 2.36. The van der Waals surface area contributed by atoms with E-state index < -0.39 is 10.0 Å². The maximum atomic E-state index is 12.1. The fraction of sp³-hybridized carbons (Fsp3) is 0.533. The van der Waals surface area contributed by atoms with Crippen LogP contribution in [0.1, 0.15) is 20.8 Å². The van der Waals surface area contributed by atoms with Crippen LogP contribution in [0, 0.1) is 5.92 Å². The summed E-state index contributed by atoms with van der Waals surface area (Å²) in [5, 5.41) is 2.80. The second-order valence-electron chi connectivity index (χ2n) is 5.91. The summed E-state index contributed by atoms with van der Waals surface area (Å²) < 4.78 is 35.6. The number of hydrogen-bond donors (Lipinski definition) is 1. The van der Waals surface area contributed by atoms with Gasteiger partial charge in [-0.05, 0) is 25.0 Å². The Morgan fingerprint density at radius 3 is 2.52 bits per heavy atom. The standard InChI is InChI=1S/C15H22N2O5S/c1-10(2)11(3)16-15(18)8-17(23(4,19)20)12-5-6-13-14(7-12)22-9-21-13/h5-7,10-11H,8-9H2,1-4H3,(H,16,18). The number of rotatable bonds is 6. The monoisotopic (exact) mass is 342 g/mol. The molecule has 0 bridgehead atoms. The van der Waals surface area contributed by atoms with Crippen molar-refractivity contribution >= 4 is 21.6 Å². The van der Waals surface area contributed by atoms with Crippen LogP contribution in [0.5, 0.6) is 11.5 Å². The average molecular weight is 342 g/mol. The van der Waals surface area contributed by atoms with Crippen molar-refractivity contribution in [2.24, 2.45) is 5.92 Å². The summed E-state index contributed by atoms with van der Waals surface area (Å²) in [6.07, 6.45) is 1.07. The van der Waals surface area contributed by atoms with E-state index in [-0.39, 0.29) is 31.2 Å². The molecule has 0 saturated heterocycles. The third-order valence-corrected chi connectivity index (χ3v) is 4.86. The molecule has 0 aromatic heterocycles. The third-order valence-electron chi connectivity index (χ3n) is 3.72. The minimum absolute atomic E-state index is 0.0411. The molecule has 1 N–H and O–H groups in total. The molecule has 0 aliphatic carbocycles. The molecule has 1 aliphatic heterocycles. The first kappa shape index (κ1) is 17.4. The van der Waals surface area contributed by atoms with Crippen molar-refractivity contribution in [1.29, 1.82) is 0 Å². The first-order valence-electron chi connectivity index (χ1n) is 7.35. The minimum Gasteiger partial charge on any atom is -0.454 e. The Labute approximate surface area is 136 Å². The summed E-state index contributed by atoms with van der Waals surface area (Å²) >= 11 is 0. The Kier molecular flexibility index (Phi) is 5.03. The summed E-state index contributed by atoms with van der Waals surface area (Å²) in [6.45, 7) is 5.67. The van der Waals surface area contributed by atoms with Gasteiger partial charge >= 0.3 is 0 Å². The van der Waals surface area contributed by atoms with E-state index in [0.717, 1.165) is 10.6 Å². The van der Waals surface area contributed by atoms with Crippen LogP contribution in [0.25, 0.3) is 0 Å². The molecular weight excluding hydrogens is 320 g/mol. The second kappa shape index (κ2) is 6.66. The predicted molar refractivity (Wildman–Crippen MR) is 87.2 cm³/mol. The molecule has 1 heterocycles. The van der Waals surface area contributed by atoms with Crippen LogP contribution >= 0.6 is 0 Å². The van der Waals surface area contributed by atoms with E-state index in [0.29, 0.717) is 17.2 Å². The second-order valence-corrected chi connectivity index (χ2v) is 7.81. The maximum absolute atomic E-state index is 12.1. The number of carbonyl (C=O) groups is 1. The van der Waals surface area contributed by atoms with E-state index in [1.807, 2.05) is 20.8 Å². The molecule has 1 unspecified atom stereocenters. The summed E-state index contributed by atoms with van der Waals surface area (Å²) in [5.41, 5.74) is 0.365. The van der Waals surface area contributed by atoms with Crippen molar-refractivity contribution in [2.45, 2.75) is 26.8 Å². The zero-order valence-corrected chi connectivity index (χ0v) is 14.5. The molecule has 7 nitrogen and oxygen atoms in total. The van der Waals surface area contributed by atoms with Crippen LogP contribution in [0.4, 0.5) is 5.69 Å². The van der Waals surface area contributed by atoms with Gasteiger partial charge in [-0.2, -0.15) is 0 Å². The molecule has 0 radical (unpaired) electrons. The van der Waals surface area contributed by atoms with Crippen LogP contribution in [0.15, 0.2) is 18.2 Å². The molecule has 128 valence electrons. The zero-order chi connectivity index (χ0) is 17.2. The summed E-state index contributed by atoms with van der Waals surface area (Å²) in [5.74, 6) is 0.928. The van der Waals surface area contributed by atoms with Gasteiger partial charge in [0.1, 0.15) is 6.54 Å². The molecule has 0 spiro atoms. The highest BCUT2D eigenvalue weighted by atomic mass is 32.2. The Bertz CT molecular complexity index is 687. The van der Waals surface area contributed by atoms with E-state index in [1.54, 1.807) is 18.2 Å². The molecule has 1 aromatic rings. The van der Waals surface area contributed by atoms with Crippen molar-refractivity contribution in [2.75, 3.05) is 23.9 Å². The van der Waals surface area contributed by atoms with Crippen molar-refractivity contribution in [3.63, 3.8) is 0 Å². The van der Waals surface area contributed by atoms with Crippen LogP contribution in [0.3, 0.4) is 0 Å².